The Labute approximate surface area is 105 Å². The van der Waals surface area contributed by atoms with Crippen molar-refractivity contribution in [2.45, 2.75) is 41.5 Å². The van der Waals surface area contributed by atoms with Gasteiger partial charge in [0.05, 0.1) is 10.8 Å². The fourth-order valence-electron chi connectivity index (χ4n) is 0. The molecule has 2 N–H and O–H groups in total. The first-order valence-corrected chi connectivity index (χ1v) is 4.36. The van der Waals surface area contributed by atoms with E-state index in [4.69, 9.17) is 10.2 Å². The summed E-state index contributed by atoms with van der Waals surface area (Å²) in [6, 6.07) is 0. The molecule has 15 heavy (non-hydrogen) atoms. The van der Waals surface area contributed by atoms with Crippen molar-refractivity contribution in [3.05, 3.63) is 0 Å². The van der Waals surface area contributed by atoms with Crippen LogP contribution in [0.3, 0.4) is 0 Å². The molecule has 0 atom stereocenters. The van der Waals surface area contributed by atoms with Crippen LogP contribution in [0.25, 0.3) is 0 Å². The predicted octanol–water partition coefficient (Wildman–Crippen LogP) is 2.23. The van der Waals surface area contributed by atoms with E-state index in [1.807, 2.05) is 0 Å². The van der Waals surface area contributed by atoms with Crippen LogP contribution in [0.15, 0.2) is 0 Å². The Morgan fingerprint density at radius 1 is 0.733 bits per heavy atom. The van der Waals surface area contributed by atoms with Gasteiger partial charge in [0, 0.05) is 20.4 Å². The molecule has 0 rings (SSSR count). The Morgan fingerprint density at radius 2 is 0.800 bits per heavy atom. The molecule has 0 aromatic carbocycles. The van der Waals surface area contributed by atoms with Gasteiger partial charge in [-0.15, -0.1) is 0 Å². The van der Waals surface area contributed by atoms with E-state index in [9.17, 15) is 9.59 Å². The first-order chi connectivity index (χ1) is 5.89. The molecular formula is C10H20O4Pd. The molecule has 5 heteroatoms. The molecule has 0 aromatic heterocycles. The third-order valence-electron chi connectivity index (χ3n) is 1.28. The van der Waals surface area contributed by atoms with Gasteiger partial charge >= 0.3 is 11.9 Å². The maximum atomic E-state index is 10.0. The quantitative estimate of drug-likeness (QED) is 0.673. The van der Waals surface area contributed by atoms with Gasteiger partial charge in [0.15, 0.2) is 0 Å². The molecule has 0 bridgehead atoms. The van der Waals surface area contributed by atoms with Crippen molar-refractivity contribution in [2.24, 2.45) is 10.8 Å². The Kier molecular flexibility index (Phi) is 9.33. The summed E-state index contributed by atoms with van der Waals surface area (Å²) in [7, 11) is 0. The second kappa shape index (κ2) is 6.97. The molecule has 0 aliphatic rings. The first kappa shape index (κ1) is 20.1. The van der Waals surface area contributed by atoms with Crippen molar-refractivity contribution in [1.29, 1.82) is 0 Å². The average Bonchev–Trinajstić information content (AvgIpc) is 1.83. The number of rotatable bonds is 0. The van der Waals surface area contributed by atoms with Crippen LogP contribution in [0.1, 0.15) is 41.5 Å². The fourth-order valence-corrected chi connectivity index (χ4v) is 0. The van der Waals surface area contributed by atoms with Gasteiger partial charge in [0.25, 0.3) is 0 Å². The van der Waals surface area contributed by atoms with E-state index < -0.39 is 22.8 Å². The molecule has 0 radical (unpaired) electrons. The second-order valence-electron chi connectivity index (χ2n) is 5.11. The summed E-state index contributed by atoms with van der Waals surface area (Å²) in [5.74, 6) is -1.51. The molecule has 0 spiro atoms. The van der Waals surface area contributed by atoms with Crippen LogP contribution in [0.2, 0.25) is 0 Å². The number of aliphatic carboxylic acids is 2. The van der Waals surface area contributed by atoms with Crippen LogP contribution in [0.4, 0.5) is 0 Å². The minimum Gasteiger partial charge on any atom is -0.481 e. The number of carboxylic acid groups (broad SMARTS) is 2. The van der Waals surface area contributed by atoms with Gasteiger partial charge in [-0.2, -0.15) is 0 Å². The van der Waals surface area contributed by atoms with E-state index in [-0.39, 0.29) is 20.4 Å². The van der Waals surface area contributed by atoms with Crippen molar-refractivity contribution >= 4 is 11.9 Å². The number of hydrogen-bond acceptors (Lipinski definition) is 2. The molecule has 0 saturated heterocycles. The summed E-state index contributed by atoms with van der Waals surface area (Å²) in [5.41, 5.74) is -1.17. The van der Waals surface area contributed by atoms with Gasteiger partial charge in [-0.1, -0.05) is 0 Å². The summed E-state index contributed by atoms with van der Waals surface area (Å²) >= 11 is 0. The number of carbonyl (C=O) groups is 2. The van der Waals surface area contributed by atoms with Crippen LogP contribution in [-0.4, -0.2) is 22.2 Å². The molecule has 0 aromatic rings. The average molecular weight is 311 g/mol. The SMILES string of the molecule is CC(C)(C)C(=O)O.CC(C)(C)C(=O)O.[Pd]. The Bertz CT molecular complexity index is 186. The molecule has 4 nitrogen and oxygen atoms in total. The molecular weight excluding hydrogens is 291 g/mol. The van der Waals surface area contributed by atoms with E-state index >= 15 is 0 Å². The van der Waals surface area contributed by atoms with Crippen molar-refractivity contribution in [1.82, 2.24) is 0 Å². The monoisotopic (exact) mass is 310 g/mol. The molecule has 0 heterocycles. The van der Waals surface area contributed by atoms with Crippen molar-refractivity contribution in [3.63, 3.8) is 0 Å². The number of hydrogen-bond donors (Lipinski definition) is 2. The van der Waals surface area contributed by atoms with Crippen molar-refractivity contribution in [2.75, 3.05) is 0 Å². The van der Waals surface area contributed by atoms with E-state index in [1.54, 1.807) is 41.5 Å². The van der Waals surface area contributed by atoms with Gasteiger partial charge in [-0.05, 0) is 41.5 Å². The molecule has 94 valence electrons. The van der Waals surface area contributed by atoms with Crippen molar-refractivity contribution in [3.8, 4) is 0 Å². The maximum Gasteiger partial charge on any atom is 0.308 e. The zero-order chi connectivity index (χ0) is 12.2. The smallest absolute Gasteiger partial charge is 0.308 e. The summed E-state index contributed by atoms with van der Waals surface area (Å²) in [6.07, 6.45) is 0. The van der Waals surface area contributed by atoms with Crippen LogP contribution in [-0.2, 0) is 30.0 Å². The minimum absolute atomic E-state index is 0. The molecule has 0 aliphatic heterocycles. The van der Waals surface area contributed by atoms with Crippen LogP contribution in [0, 0.1) is 10.8 Å². The third-order valence-corrected chi connectivity index (χ3v) is 1.28. The van der Waals surface area contributed by atoms with E-state index in [2.05, 4.69) is 0 Å². The van der Waals surface area contributed by atoms with Gasteiger partial charge in [0.1, 0.15) is 0 Å². The summed E-state index contributed by atoms with van der Waals surface area (Å²) in [5, 5.41) is 16.5. The van der Waals surface area contributed by atoms with Gasteiger partial charge in [-0.25, -0.2) is 0 Å². The molecule has 0 unspecified atom stereocenters. The Morgan fingerprint density at radius 3 is 0.800 bits per heavy atom. The predicted molar refractivity (Wildman–Crippen MR) is 54.2 cm³/mol. The molecule has 0 aliphatic carbocycles. The zero-order valence-electron chi connectivity index (χ0n) is 10.0. The summed E-state index contributed by atoms with van der Waals surface area (Å²) in [6.45, 7) is 9.97. The fraction of sp³-hybridized carbons (Fsp3) is 0.800. The molecule has 0 amide bonds. The topological polar surface area (TPSA) is 74.6 Å². The largest absolute Gasteiger partial charge is 0.481 e. The minimum atomic E-state index is -0.757. The van der Waals surface area contributed by atoms with E-state index in [0.29, 0.717) is 0 Å². The standard InChI is InChI=1S/2C5H10O2.Pd/c2*1-5(2,3)4(6)7;/h2*1-3H3,(H,6,7);. The van der Waals surface area contributed by atoms with Crippen LogP contribution < -0.4 is 0 Å². The Hall–Kier alpha value is -0.398. The molecule has 0 saturated carbocycles. The molecule has 0 fully saturated rings. The maximum absolute atomic E-state index is 10.0. The summed E-state index contributed by atoms with van der Waals surface area (Å²) < 4.78 is 0. The van der Waals surface area contributed by atoms with E-state index in [0.717, 1.165) is 0 Å². The Balaban J connectivity index is -0.000000180. The second-order valence-corrected chi connectivity index (χ2v) is 5.11. The number of carboxylic acids is 2. The van der Waals surface area contributed by atoms with Crippen LogP contribution in [0.5, 0.6) is 0 Å². The van der Waals surface area contributed by atoms with Crippen molar-refractivity contribution < 1.29 is 40.2 Å². The third kappa shape index (κ3) is 13.6. The van der Waals surface area contributed by atoms with Gasteiger partial charge < -0.3 is 10.2 Å². The normalized spacial score (nSPS) is 10.5. The zero-order valence-corrected chi connectivity index (χ0v) is 11.6. The van der Waals surface area contributed by atoms with Crippen LogP contribution >= 0.6 is 0 Å². The first-order valence-electron chi connectivity index (χ1n) is 4.36. The van der Waals surface area contributed by atoms with Gasteiger partial charge in [-0.3, -0.25) is 9.59 Å². The summed E-state index contributed by atoms with van der Waals surface area (Å²) in [4.78, 5) is 20.0. The van der Waals surface area contributed by atoms with E-state index in [1.165, 1.54) is 0 Å². The van der Waals surface area contributed by atoms with Gasteiger partial charge in [0.2, 0.25) is 0 Å².